The van der Waals surface area contributed by atoms with E-state index in [1.54, 1.807) is 30.1 Å². The molecule has 1 fully saturated rings. The molecule has 1 unspecified atom stereocenters. The van der Waals surface area contributed by atoms with Crippen molar-refractivity contribution in [3.05, 3.63) is 102 Å². The molecular formula is C28H29N7O. The molecule has 182 valence electrons. The molecule has 1 atom stereocenters. The molecule has 8 heteroatoms. The van der Waals surface area contributed by atoms with Gasteiger partial charge in [-0.2, -0.15) is 0 Å². The summed E-state index contributed by atoms with van der Waals surface area (Å²) in [5.41, 5.74) is 4.48. The summed E-state index contributed by atoms with van der Waals surface area (Å²) in [6.07, 6.45) is 11.2. The smallest absolute Gasteiger partial charge is 0.274 e. The number of hydrogen-bond donors (Lipinski definition) is 2. The molecule has 0 radical (unpaired) electrons. The molecule has 5 aromatic rings. The molecule has 0 saturated carbocycles. The van der Waals surface area contributed by atoms with E-state index in [-0.39, 0.29) is 5.56 Å². The lowest BCUT2D eigenvalue weighted by molar-refractivity contribution is 0.317. The van der Waals surface area contributed by atoms with Gasteiger partial charge in [0.25, 0.3) is 5.56 Å². The highest BCUT2D eigenvalue weighted by atomic mass is 16.1. The van der Waals surface area contributed by atoms with Gasteiger partial charge in [-0.1, -0.05) is 24.3 Å². The van der Waals surface area contributed by atoms with Crippen molar-refractivity contribution in [3.63, 3.8) is 0 Å². The van der Waals surface area contributed by atoms with Crippen LogP contribution in [0.1, 0.15) is 24.4 Å². The highest BCUT2D eigenvalue weighted by Crippen LogP contribution is 2.30. The van der Waals surface area contributed by atoms with Crippen molar-refractivity contribution in [2.45, 2.75) is 18.9 Å². The van der Waals surface area contributed by atoms with Crippen LogP contribution in [0.4, 0.5) is 11.5 Å². The minimum Gasteiger partial charge on any atom is -0.361 e. The fraction of sp³-hybridized carbons (Fsp3) is 0.214. The second-order valence-corrected chi connectivity index (χ2v) is 8.96. The van der Waals surface area contributed by atoms with E-state index in [1.165, 1.54) is 35.6 Å². The SMILES string of the molecule is CN1CCCC1c1ccc(-c2cc(Nc3ccncn3)c(=O)n(C)c2)nc1.c1ccc2[nH]ccc2c1. The number of aromatic amines is 1. The van der Waals surface area contributed by atoms with Gasteiger partial charge in [-0.25, -0.2) is 9.97 Å². The molecule has 1 aliphatic heterocycles. The maximum absolute atomic E-state index is 12.5. The number of nitrogens with one attached hydrogen (secondary N) is 2. The fourth-order valence-electron chi connectivity index (χ4n) is 4.54. The first-order valence-electron chi connectivity index (χ1n) is 12.0. The molecule has 6 rings (SSSR count). The van der Waals surface area contributed by atoms with Crippen LogP contribution in [0, 0.1) is 0 Å². The second-order valence-electron chi connectivity index (χ2n) is 8.96. The summed E-state index contributed by atoms with van der Waals surface area (Å²) < 4.78 is 1.55. The average Bonchev–Trinajstić information content (AvgIpc) is 3.57. The van der Waals surface area contributed by atoms with Crippen molar-refractivity contribution in [3.8, 4) is 11.3 Å². The van der Waals surface area contributed by atoms with Gasteiger partial charge in [0.05, 0.1) is 5.69 Å². The Labute approximate surface area is 209 Å². The van der Waals surface area contributed by atoms with Crippen molar-refractivity contribution in [2.24, 2.45) is 7.05 Å². The van der Waals surface area contributed by atoms with Crippen LogP contribution in [0.5, 0.6) is 0 Å². The first kappa shape index (κ1) is 23.4. The molecule has 4 aromatic heterocycles. The largest absolute Gasteiger partial charge is 0.361 e. The first-order valence-corrected chi connectivity index (χ1v) is 12.0. The van der Waals surface area contributed by atoms with Crippen LogP contribution < -0.4 is 10.9 Å². The summed E-state index contributed by atoms with van der Waals surface area (Å²) in [5.74, 6) is 0.576. The number of pyridine rings is 2. The standard InChI is InChI=1S/C20H22N6O.C8H7N/c1-25-9-3-4-18(25)14-5-6-16(22-11-14)15-10-17(20(27)26(2)12-15)24-19-7-8-21-13-23-19;1-2-4-8-7(3-1)5-6-9-8/h5-8,10-13,18H,3-4,9H2,1-2H3,(H,21,23,24);1-6,9H. The zero-order valence-corrected chi connectivity index (χ0v) is 20.4. The Kier molecular flexibility index (Phi) is 6.86. The Morgan fingerprint density at radius 3 is 2.67 bits per heavy atom. The van der Waals surface area contributed by atoms with Crippen LogP contribution in [0.3, 0.4) is 0 Å². The minimum atomic E-state index is -0.124. The third kappa shape index (κ3) is 5.18. The number of rotatable bonds is 4. The Bertz CT molecular complexity index is 1460. The Morgan fingerprint density at radius 1 is 1.06 bits per heavy atom. The van der Waals surface area contributed by atoms with E-state index in [0.717, 1.165) is 17.8 Å². The van der Waals surface area contributed by atoms with Gasteiger partial charge in [0.15, 0.2) is 0 Å². The number of fused-ring (bicyclic) bond motifs is 1. The summed E-state index contributed by atoms with van der Waals surface area (Å²) in [7, 11) is 3.89. The van der Waals surface area contributed by atoms with Gasteiger partial charge in [0.2, 0.25) is 0 Å². The number of aryl methyl sites for hydroxylation is 1. The van der Waals surface area contributed by atoms with Crippen LogP contribution in [0.2, 0.25) is 0 Å². The van der Waals surface area contributed by atoms with Gasteiger partial charge in [-0.15, -0.1) is 0 Å². The normalized spacial score (nSPS) is 15.4. The van der Waals surface area contributed by atoms with E-state index in [1.807, 2.05) is 36.7 Å². The Morgan fingerprint density at radius 2 is 1.94 bits per heavy atom. The fourth-order valence-corrected chi connectivity index (χ4v) is 4.54. The van der Waals surface area contributed by atoms with Crippen LogP contribution >= 0.6 is 0 Å². The third-order valence-corrected chi connectivity index (χ3v) is 6.48. The predicted octanol–water partition coefficient (Wildman–Crippen LogP) is 4.92. The second kappa shape index (κ2) is 10.5. The number of nitrogens with zero attached hydrogens (tertiary/aromatic N) is 5. The van der Waals surface area contributed by atoms with Crippen molar-refractivity contribution in [2.75, 3.05) is 18.9 Å². The van der Waals surface area contributed by atoms with Gasteiger partial charge < -0.3 is 14.9 Å². The summed E-state index contributed by atoms with van der Waals surface area (Å²) in [6, 6.07) is 18.4. The highest BCUT2D eigenvalue weighted by Gasteiger charge is 2.22. The molecule has 0 bridgehead atoms. The van der Waals surface area contributed by atoms with Gasteiger partial charge in [0, 0.05) is 49.0 Å². The van der Waals surface area contributed by atoms with Gasteiger partial charge in [-0.05, 0) is 67.7 Å². The summed E-state index contributed by atoms with van der Waals surface area (Å²) in [4.78, 5) is 30.6. The molecular weight excluding hydrogens is 450 g/mol. The summed E-state index contributed by atoms with van der Waals surface area (Å²) in [6.45, 7) is 1.13. The number of para-hydroxylation sites is 1. The number of likely N-dealkylation sites (tertiary alicyclic amines) is 1. The van der Waals surface area contributed by atoms with Crippen molar-refractivity contribution in [1.29, 1.82) is 0 Å². The van der Waals surface area contributed by atoms with Crippen LogP contribution in [0.15, 0.2) is 90.5 Å². The molecule has 0 spiro atoms. The number of H-pyrrole nitrogens is 1. The minimum absolute atomic E-state index is 0.124. The topological polar surface area (TPSA) is 91.7 Å². The zero-order valence-electron chi connectivity index (χ0n) is 20.4. The predicted molar refractivity (Wildman–Crippen MR) is 143 cm³/mol. The molecule has 1 aromatic carbocycles. The van der Waals surface area contributed by atoms with Crippen molar-refractivity contribution < 1.29 is 0 Å². The van der Waals surface area contributed by atoms with Gasteiger partial charge >= 0.3 is 0 Å². The molecule has 8 nitrogen and oxygen atoms in total. The molecule has 5 heterocycles. The number of hydrogen-bond acceptors (Lipinski definition) is 6. The van der Waals surface area contributed by atoms with Crippen LogP contribution in [-0.4, -0.2) is 43.0 Å². The van der Waals surface area contributed by atoms with E-state index >= 15 is 0 Å². The number of benzene rings is 1. The third-order valence-electron chi connectivity index (χ3n) is 6.48. The van der Waals surface area contributed by atoms with E-state index in [9.17, 15) is 4.79 Å². The number of anilines is 2. The van der Waals surface area contributed by atoms with E-state index in [2.05, 4.69) is 61.5 Å². The molecule has 0 aliphatic carbocycles. The first-order chi connectivity index (χ1) is 17.6. The maximum Gasteiger partial charge on any atom is 0.274 e. The highest BCUT2D eigenvalue weighted by molar-refractivity contribution is 5.78. The lowest BCUT2D eigenvalue weighted by Crippen LogP contribution is -2.20. The monoisotopic (exact) mass is 479 g/mol. The van der Waals surface area contributed by atoms with E-state index in [4.69, 9.17) is 0 Å². The van der Waals surface area contributed by atoms with Crippen molar-refractivity contribution >= 4 is 22.4 Å². The maximum atomic E-state index is 12.5. The molecule has 36 heavy (non-hydrogen) atoms. The van der Waals surface area contributed by atoms with Crippen LogP contribution in [0.25, 0.3) is 22.2 Å². The molecule has 0 amide bonds. The molecule has 2 N–H and O–H groups in total. The lowest BCUT2D eigenvalue weighted by Gasteiger charge is -2.19. The molecule has 1 aliphatic rings. The Hall–Kier alpha value is -4.30. The Balaban J connectivity index is 0.000000247. The lowest BCUT2D eigenvalue weighted by atomic mass is 10.1. The van der Waals surface area contributed by atoms with Gasteiger partial charge in [-0.3, -0.25) is 14.7 Å². The average molecular weight is 480 g/mol. The quantitative estimate of drug-likeness (QED) is 0.380. The summed E-state index contributed by atoms with van der Waals surface area (Å²) in [5, 5.41) is 4.34. The number of aromatic nitrogens is 5. The van der Waals surface area contributed by atoms with Gasteiger partial charge in [0.1, 0.15) is 17.8 Å². The zero-order chi connectivity index (χ0) is 24.9. The van der Waals surface area contributed by atoms with E-state index < -0.39 is 0 Å². The van der Waals surface area contributed by atoms with Crippen molar-refractivity contribution in [1.82, 2.24) is 29.4 Å². The van der Waals surface area contributed by atoms with Crippen LogP contribution in [-0.2, 0) is 7.05 Å². The molecule has 1 saturated heterocycles. The van der Waals surface area contributed by atoms with E-state index in [0.29, 0.717) is 17.5 Å². The summed E-state index contributed by atoms with van der Waals surface area (Å²) >= 11 is 0.